The van der Waals surface area contributed by atoms with Gasteiger partial charge in [-0.1, -0.05) is 29.8 Å². The number of anilines is 1. The Morgan fingerprint density at radius 3 is 2.16 bits per heavy atom. The van der Waals surface area contributed by atoms with E-state index in [1.165, 1.54) is 37.3 Å². The topological polar surface area (TPSA) is 114 Å². The second kappa shape index (κ2) is 15.0. The van der Waals surface area contributed by atoms with Crippen LogP contribution in [0.25, 0.3) is 0 Å². The lowest BCUT2D eigenvalue weighted by Crippen LogP contribution is -2.52. The summed E-state index contributed by atoms with van der Waals surface area (Å²) in [4.78, 5) is 28.4. The van der Waals surface area contributed by atoms with Gasteiger partial charge in [-0.3, -0.25) is 13.9 Å². The number of halogens is 1. The first-order chi connectivity index (χ1) is 20.4. The van der Waals surface area contributed by atoms with Crippen molar-refractivity contribution < 1.29 is 32.2 Å². The molecule has 232 valence electrons. The van der Waals surface area contributed by atoms with Gasteiger partial charge < -0.3 is 24.4 Å². The summed E-state index contributed by atoms with van der Waals surface area (Å²) in [5, 5.41) is 3.24. The quantitative estimate of drug-likeness (QED) is 0.269. The van der Waals surface area contributed by atoms with E-state index in [9.17, 15) is 18.0 Å². The van der Waals surface area contributed by atoms with Crippen LogP contribution in [0.15, 0.2) is 71.6 Å². The van der Waals surface area contributed by atoms with Gasteiger partial charge in [-0.25, -0.2) is 8.42 Å². The fraction of sp³-hybridized carbons (Fsp3) is 0.355. The van der Waals surface area contributed by atoms with E-state index in [1.54, 1.807) is 55.5 Å². The predicted molar refractivity (Wildman–Crippen MR) is 166 cm³/mol. The molecule has 0 saturated carbocycles. The summed E-state index contributed by atoms with van der Waals surface area (Å²) in [6, 6.07) is 16.4. The number of benzene rings is 3. The minimum atomic E-state index is -4.33. The molecule has 0 spiro atoms. The van der Waals surface area contributed by atoms with Crippen LogP contribution in [0.3, 0.4) is 0 Å². The Hall–Kier alpha value is -3.96. The summed E-state index contributed by atoms with van der Waals surface area (Å²) in [6.45, 7) is 6.87. The summed E-state index contributed by atoms with van der Waals surface area (Å²) >= 11 is 6.41. The first-order valence-electron chi connectivity index (χ1n) is 13.7. The Morgan fingerprint density at radius 2 is 1.58 bits per heavy atom. The predicted octanol–water partition coefficient (Wildman–Crippen LogP) is 4.89. The monoisotopic (exact) mass is 631 g/mol. The van der Waals surface area contributed by atoms with E-state index in [0.717, 1.165) is 4.31 Å². The van der Waals surface area contributed by atoms with Crippen LogP contribution in [0.4, 0.5) is 5.69 Å². The van der Waals surface area contributed by atoms with Crippen LogP contribution in [0.1, 0.15) is 33.3 Å². The zero-order chi connectivity index (χ0) is 31.7. The minimum absolute atomic E-state index is 0.0152. The molecule has 0 unspecified atom stereocenters. The Labute approximate surface area is 258 Å². The van der Waals surface area contributed by atoms with Crippen molar-refractivity contribution in [1.82, 2.24) is 10.2 Å². The van der Waals surface area contributed by atoms with Gasteiger partial charge in [0.15, 0.2) is 11.5 Å². The molecule has 0 aliphatic heterocycles. The van der Waals surface area contributed by atoms with Crippen molar-refractivity contribution in [3.05, 3.63) is 77.3 Å². The van der Waals surface area contributed by atoms with Gasteiger partial charge in [0.1, 0.15) is 18.3 Å². The van der Waals surface area contributed by atoms with Crippen LogP contribution >= 0.6 is 11.6 Å². The van der Waals surface area contributed by atoms with Crippen LogP contribution < -0.4 is 23.8 Å². The lowest BCUT2D eigenvalue weighted by molar-refractivity contribution is -0.139. The summed E-state index contributed by atoms with van der Waals surface area (Å²) in [6.07, 6.45) is 0. The van der Waals surface area contributed by atoms with Crippen molar-refractivity contribution in [1.29, 1.82) is 0 Å². The Kier molecular flexibility index (Phi) is 11.7. The summed E-state index contributed by atoms with van der Waals surface area (Å²) in [5.41, 5.74) is 0.834. The Balaban J connectivity index is 2.09. The van der Waals surface area contributed by atoms with Gasteiger partial charge in [0.2, 0.25) is 11.8 Å². The van der Waals surface area contributed by atoms with Gasteiger partial charge in [-0.15, -0.1) is 0 Å². The molecule has 1 atom stereocenters. The van der Waals surface area contributed by atoms with E-state index in [2.05, 4.69) is 5.32 Å². The summed E-state index contributed by atoms with van der Waals surface area (Å²) < 4.78 is 45.4. The zero-order valence-corrected chi connectivity index (χ0v) is 26.7. The number of carbonyl (C=O) groups is 2. The van der Waals surface area contributed by atoms with Crippen molar-refractivity contribution in [3.63, 3.8) is 0 Å². The number of hydrogen-bond donors (Lipinski definition) is 1. The average molecular weight is 632 g/mol. The van der Waals surface area contributed by atoms with Crippen LogP contribution in [-0.4, -0.2) is 64.6 Å². The van der Waals surface area contributed by atoms with Gasteiger partial charge in [0.05, 0.1) is 31.4 Å². The van der Waals surface area contributed by atoms with Gasteiger partial charge in [-0.2, -0.15) is 0 Å². The fourth-order valence-corrected chi connectivity index (χ4v) is 5.93. The van der Waals surface area contributed by atoms with Crippen LogP contribution in [0.2, 0.25) is 5.02 Å². The molecule has 3 aromatic rings. The van der Waals surface area contributed by atoms with E-state index < -0.39 is 28.5 Å². The van der Waals surface area contributed by atoms with Gasteiger partial charge >= 0.3 is 0 Å². The van der Waals surface area contributed by atoms with E-state index in [4.69, 9.17) is 25.8 Å². The molecule has 3 rings (SSSR count). The highest BCUT2D eigenvalue weighted by molar-refractivity contribution is 7.92. The maximum atomic E-state index is 14.2. The molecule has 12 heteroatoms. The highest BCUT2D eigenvalue weighted by Gasteiger charge is 2.33. The van der Waals surface area contributed by atoms with Crippen molar-refractivity contribution >= 4 is 39.1 Å². The van der Waals surface area contributed by atoms with Crippen molar-refractivity contribution in [2.75, 3.05) is 31.7 Å². The molecule has 0 radical (unpaired) electrons. The molecule has 1 N–H and O–H groups in total. The molecule has 0 aliphatic rings. The van der Waals surface area contributed by atoms with E-state index in [-0.39, 0.29) is 34.8 Å². The Morgan fingerprint density at radius 1 is 0.930 bits per heavy atom. The summed E-state index contributed by atoms with van der Waals surface area (Å²) in [5.74, 6) is 0.109. The SMILES string of the molecule is CCOc1ccc(N(CC(=O)N(Cc2ccccc2Cl)[C@@H](C)C(=O)NC(C)C)S(=O)(=O)c2ccc(OC)c(OC)c2)cc1. The lowest BCUT2D eigenvalue weighted by Gasteiger charge is -2.32. The summed E-state index contributed by atoms with van der Waals surface area (Å²) in [7, 11) is -1.48. The molecule has 0 aliphatic carbocycles. The number of nitrogens with zero attached hydrogens (tertiary/aromatic N) is 2. The van der Waals surface area contributed by atoms with Gasteiger partial charge in [0.25, 0.3) is 10.0 Å². The molecular formula is C31H38ClN3O7S. The third kappa shape index (κ3) is 8.32. The second-order valence-electron chi connectivity index (χ2n) is 9.91. The van der Waals surface area contributed by atoms with Crippen molar-refractivity contribution in [3.8, 4) is 17.2 Å². The standard InChI is InChI=1S/C31H38ClN3O7S/c1-7-42-25-14-12-24(13-15-25)35(43(38,39)26-16-17-28(40-5)29(18-26)41-6)20-30(36)34(22(4)31(37)33-21(2)3)19-23-10-8-9-11-27(23)32/h8-18,21-22H,7,19-20H2,1-6H3,(H,33,37)/t22-/m0/s1. The number of methoxy groups -OCH3 is 2. The molecule has 0 heterocycles. The maximum Gasteiger partial charge on any atom is 0.264 e. The smallest absolute Gasteiger partial charge is 0.264 e. The minimum Gasteiger partial charge on any atom is -0.494 e. The van der Waals surface area contributed by atoms with Crippen LogP contribution in [0.5, 0.6) is 17.2 Å². The second-order valence-corrected chi connectivity index (χ2v) is 12.2. The molecule has 0 aromatic heterocycles. The van der Waals surface area contributed by atoms with E-state index >= 15 is 0 Å². The third-order valence-corrected chi connectivity index (χ3v) is 8.69. The highest BCUT2D eigenvalue weighted by Crippen LogP contribution is 2.33. The van der Waals surface area contributed by atoms with Gasteiger partial charge in [-0.05, 0) is 75.7 Å². The number of hydrogen-bond acceptors (Lipinski definition) is 7. The first-order valence-corrected chi connectivity index (χ1v) is 15.6. The number of rotatable bonds is 14. The molecule has 0 saturated heterocycles. The fourth-order valence-electron chi connectivity index (χ4n) is 4.31. The molecule has 10 nitrogen and oxygen atoms in total. The molecule has 0 bridgehead atoms. The third-order valence-electron chi connectivity index (χ3n) is 6.55. The number of nitrogens with one attached hydrogen (secondary N) is 1. The number of amides is 2. The van der Waals surface area contributed by atoms with E-state index in [1.807, 2.05) is 20.8 Å². The zero-order valence-electron chi connectivity index (χ0n) is 25.2. The highest BCUT2D eigenvalue weighted by atomic mass is 35.5. The molecule has 2 amide bonds. The molecular weight excluding hydrogens is 594 g/mol. The van der Waals surface area contributed by atoms with E-state index in [0.29, 0.717) is 28.7 Å². The number of sulfonamides is 1. The number of ether oxygens (including phenoxy) is 3. The lowest BCUT2D eigenvalue weighted by atomic mass is 10.1. The molecule has 3 aromatic carbocycles. The Bertz CT molecular complexity index is 1510. The normalized spacial score (nSPS) is 11.9. The average Bonchev–Trinajstić information content (AvgIpc) is 2.98. The first kappa shape index (κ1) is 33.5. The number of carbonyl (C=O) groups excluding carboxylic acids is 2. The van der Waals surface area contributed by atoms with Gasteiger partial charge in [0, 0.05) is 23.7 Å². The largest absolute Gasteiger partial charge is 0.494 e. The molecule has 0 fully saturated rings. The van der Waals surface area contributed by atoms with Crippen molar-refractivity contribution in [2.24, 2.45) is 0 Å². The van der Waals surface area contributed by atoms with Crippen LogP contribution in [-0.2, 0) is 26.2 Å². The maximum absolute atomic E-state index is 14.2. The van der Waals surface area contributed by atoms with Crippen LogP contribution in [0, 0.1) is 0 Å². The van der Waals surface area contributed by atoms with Crippen molar-refractivity contribution in [2.45, 2.75) is 51.2 Å². The molecule has 43 heavy (non-hydrogen) atoms.